The number of imidazole rings is 1. The molecule has 0 radical (unpaired) electrons. The predicted octanol–water partition coefficient (Wildman–Crippen LogP) is -1.55. The summed E-state index contributed by atoms with van der Waals surface area (Å²) in [6.07, 6.45) is 5.71. The summed E-state index contributed by atoms with van der Waals surface area (Å²) in [4.78, 5) is 4.09. The van der Waals surface area contributed by atoms with Crippen molar-refractivity contribution < 1.29 is 51.4 Å². The van der Waals surface area contributed by atoms with Crippen LogP contribution in [-0.4, -0.2) is 9.38 Å². The maximum Gasteiger partial charge on any atom is 1.00 e. The first-order valence-electron chi connectivity index (χ1n) is 3.17. The largest absolute Gasteiger partial charge is 1.00 e. The van der Waals surface area contributed by atoms with Crippen LogP contribution in [0.5, 0.6) is 0 Å². The summed E-state index contributed by atoms with van der Waals surface area (Å²) in [6, 6.07) is 4.96. The summed E-state index contributed by atoms with van der Waals surface area (Å²) in [5.74, 6) is 0. The topological polar surface area (TPSA) is 17.3 Å². The molecule has 0 saturated heterocycles. The van der Waals surface area contributed by atoms with Gasteiger partial charge in [0.25, 0.3) is 0 Å². The molecule has 0 spiro atoms. The van der Waals surface area contributed by atoms with Gasteiger partial charge in [0.1, 0.15) is 0 Å². The van der Waals surface area contributed by atoms with Gasteiger partial charge in [-0.25, -0.2) is 0 Å². The predicted molar refractivity (Wildman–Crippen MR) is 38.8 cm³/mol. The van der Waals surface area contributed by atoms with Crippen molar-refractivity contribution in [3.63, 3.8) is 0 Å². The van der Waals surface area contributed by atoms with Crippen molar-refractivity contribution in [2.75, 3.05) is 0 Å². The van der Waals surface area contributed by atoms with Crippen molar-refractivity contribution in [1.82, 2.24) is 9.38 Å². The summed E-state index contributed by atoms with van der Waals surface area (Å²) in [5, 5.41) is 0. The molecule has 2 aromatic rings. The normalized spacial score (nSPS) is 9.55. The van der Waals surface area contributed by atoms with Crippen LogP contribution in [0.3, 0.4) is 0 Å². The molecule has 0 bridgehead atoms. The molecule has 11 heavy (non-hydrogen) atoms. The van der Waals surface area contributed by atoms with Crippen LogP contribution in [-0.2, 0) is 0 Å². The Labute approximate surface area is 108 Å². The van der Waals surface area contributed by atoms with Crippen molar-refractivity contribution in [2.24, 2.45) is 0 Å². The van der Waals surface area contributed by atoms with E-state index in [2.05, 4.69) is 11.1 Å². The average Bonchev–Trinajstić information content (AvgIpc) is 2.33. The van der Waals surface area contributed by atoms with E-state index < -0.39 is 0 Å². The number of hydrogen-bond donors (Lipinski definition) is 0. The first kappa shape index (κ1) is 9.41. The molecule has 2 heterocycles. The first-order valence-corrected chi connectivity index (χ1v) is 3.17. The molecule has 0 fully saturated rings. The van der Waals surface area contributed by atoms with Gasteiger partial charge in [-0.05, 0) is 0 Å². The zero-order valence-corrected chi connectivity index (χ0v) is 9.83. The fourth-order valence-corrected chi connectivity index (χ4v) is 0.970. The molecule has 0 atom stereocenters. The van der Waals surface area contributed by atoms with E-state index in [-0.39, 0.29) is 51.4 Å². The third-order valence-electron chi connectivity index (χ3n) is 1.46. The third kappa shape index (κ3) is 1.92. The molecule has 0 unspecified atom stereocenters. The second-order valence-corrected chi connectivity index (χ2v) is 2.29. The van der Waals surface area contributed by atoms with E-state index in [1.54, 1.807) is 6.20 Å². The zero-order chi connectivity index (χ0) is 6.97. The first-order chi connectivity index (χ1) is 4.86. The second-order valence-electron chi connectivity index (χ2n) is 2.29. The monoisotopic (exact) mass is 170 g/mol. The molecule has 50 valence electrons. The van der Waals surface area contributed by atoms with E-state index in [1.165, 1.54) is 0 Å². The fraction of sp³-hybridized carbons (Fsp3) is 0.125. The van der Waals surface area contributed by atoms with E-state index in [0.717, 1.165) is 11.2 Å². The molecule has 2 aromatic heterocycles. The van der Waals surface area contributed by atoms with Gasteiger partial charge in [0.15, 0.2) is 0 Å². The van der Waals surface area contributed by atoms with Crippen molar-refractivity contribution in [2.45, 2.75) is 6.92 Å². The van der Waals surface area contributed by atoms with Gasteiger partial charge in [-0.1, -0.05) is 13.1 Å². The van der Waals surface area contributed by atoms with Crippen molar-refractivity contribution in [3.8, 4) is 0 Å². The Morgan fingerprint density at radius 2 is 2.36 bits per heavy atom. The van der Waals surface area contributed by atoms with Crippen LogP contribution in [0.15, 0.2) is 24.7 Å². The molecular weight excluding hydrogens is 163 g/mol. The van der Waals surface area contributed by atoms with Gasteiger partial charge < -0.3 is 9.38 Å². The molecule has 2 nitrogen and oxygen atoms in total. The minimum atomic E-state index is 0. The molecule has 0 aliphatic heterocycles. The van der Waals surface area contributed by atoms with Crippen LogP contribution >= 0.6 is 0 Å². The Bertz CT molecular complexity index is 354. The van der Waals surface area contributed by atoms with Crippen molar-refractivity contribution >= 4 is 5.65 Å². The molecule has 0 aliphatic rings. The number of aromatic nitrogens is 2. The van der Waals surface area contributed by atoms with Crippen LogP contribution < -0.4 is 51.4 Å². The maximum atomic E-state index is 4.09. The fourth-order valence-electron chi connectivity index (χ4n) is 0.970. The van der Waals surface area contributed by atoms with Crippen LogP contribution in [0.25, 0.3) is 5.65 Å². The summed E-state index contributed by atoms with van der Waals surface area (Å²) in [6.45, 7) is 2.01. The molecule has 0 amide bonds. The number of rotatable bonds is 0. The van der Waals surface area contributed by atoms with Crippen LogP contribution in [0.1, 0.15) is 5.56 Å². The summed E-state index contributed by atoms with van der Waals surface area (Å²) in [7, 11) is 0. The number of aryl methyl sites for hydroxylation is 1. The standard InChI is InChI=1S/C8H7N2.K/c1-7-2-3-8-9-4-5-10(8)6-7;/h3-6H,1H3;/q-1;+1. The van der Waals surface area contributed by atoms with E-state index >= 15 is 0 Å². The smallest absolute Gasteiger partial charge is 0.414 e. The van der Waals surface area contributed by atoms with Gasteiger partial charge in [-0.15, -0.1) is 11.6 Å². The van der Waals surface area contributed by atoms with Gasteiger partial charge in [0.05, 0.1) is 0 Å². The zero-order valence-electron chi connectivity index (χ0n) is 6.70. The van der Waals surface area contributed by atoms with E-state index in [0.29, 0.717) is 0 Å². The maximum absolute atomic E-state index is 4.09. The van der Waals surface area contributed by atoms with Gasteiger partial charge in [0, 0.05) is 18.0 Å². The Morgan fingerprint density at radius 3 is 3.18 bits per heavy atom. The number of fused-ring (bicyclic) bond motifs is 1. The van der Waals surface area contributed by atoms with Gasteiger partial charge in [0.2, 0.25) is 0 Å². The van der Waals surface area contributed by atoms with Gasteiger partial charge in [-0.2, -0.15) is 6.07 Å². The summed E-state index contributed by atoms with van der Waals surface area (Å²) >= 11 is 0. The summed E-state index contributed by atoms with van der Waals surface area (Å²) in [5.41, 5.74) is 2.08. The second kappa shape index (κ2) is 3.82. The molecule has 0 saturated carbocycles. The molecule has 2 rings (SSSR count). The quantitative estimate of drug-likeness (QED) is 0.345. The molecule has 0 aliphatic carbocycles. The minimum Gasteiger partial charge on any atom is -0.414 e. The van der Waals surface area contributed by atoms with E-state index in [9.17, 15) is 0 Å². The number of nitrogens with zero attached hydrogens (tertiary/aromatic N) is 2. The van der Waals surface area contributed by atoms with E-state index in [1.807, 2.05) is 29.8 Å². The van der Waals surface area contributed by atoms with Gasteiger partial charge >= 0.3 is 51.4 Å². The van der Waals surface area contributed by atoms with Crippen molar-refractivity contribution in [3.05, 3.63) is 36.3 Å². The van der Waals surface area contributed by atoms with Crippen LogP contribution in [0.4, 0.5) is 0 Å². The Balaban J connectivity index is 0.000000605. The van der Waals surface area contributed by atoms with Crippen LogP contribution in [0.2, 0.25) is 0 Å². The minimum absolute atomic E-state index is 0. The Hall–Kier alpha value is 0.326. The molecule has 0 N–H and O–H groups in total. The van der Waals surface area contributed by atoms with Gasteiger partial charge in [-0.3, -0.25) is 0 Å². The Morgan fingerprint density at radius 1 is 1.55 bits per heavy atom. The molecule has 0 aromatic carbocycles. The average molecular weight is 170 g/mol. The number of hydrogen-bond acceptors (Lipinski definition) is 1. The molecular formula is C8H7KN2. The third-order valence-corrected chi connectivity index (χ3v) is 1.46. The Kier molecular flexibility index (Phi) is 3.27. The molecule has 3 heteroatoms. The number of pyridine rings is 1. The SMILES string of the molecule is Cc1[c-]cc2nccn2c1.[K+]. The van der Waals surface area contributed by atoms with Crippen molar-refractivity contribution in [1.29, 1.82) is 0 Å². The van der Waals surface area contributed by atoms with E-state index in [4.69, 9.17) is 0 Å². The van der Waals surface area contributed by atoms with Crippen LogP contribution in [0, 0.1) is 13.0 Å². The summed E-state index contributed by atoms with van der Waals surface area (Å²) < 4.78 is 1.98.